The smallest absolute Gasteiger partial charge is 0.0326 e. The van der Waals surface area contributed by atoms with Gasteiger partial charge in [-0.1, -0.05) is 28.1 Å². The summed E-state index contributed by atoms with van der Waals surface area (Å²) in [5.41, 5.74) is 3.04. The zero-order chi connectivity index (χ0) is 11.7. The van der Waals surface area contributed by atoms with Gasteiger partial charge in [-0.3, -0.25) is 0 Å². The summed E-state index contributed by atoms with van der Waals surface area (Å²) in [6, 6.07) is 7.20. The van der Waals surface area contributed by atoms with E-state index in [1.165, 1.54) is 52.9 Å². The second-order valence-electron chi connectivity index (χ2n) is 5.04. The van der Waals surface area contributed by atoms with Crippen molar-refractivity contribution in [3.63, 3.8) is 0 Å². The molecule has 2 atom stereocenters. The van der Waals surface area contributed by atoms with Gasteiger partial charge in [-0.2, -0.15) is 11.8 Å². The third-order valence-corrected chi connectivity index (χ3v) is 5.86. The molecule has 1 saturated heterocycles. The van der Waals surface area contributed by atoms with Crippen molar-refractivity contribution in [2.24, 2.45) is 5.92 Å². The molecule has 3 rings (SSSR count). The number of nitrogens with one attached hydrogen (secondary N) is 1. The molecular formula is C14H18BrNS. The highest BCUT2D eigenvalue weighted by Crippen LogP contribution is 2.36. The maximum Gasteiger partial charge on any atom is 0.0326 e. The summed E-state index contributed by atoms with van der Waals surface area (Å²) in [5, 5.41) is 3.77. The molecule has 3 heteroatoms. The first-order valence-corrected chi connectivity index (χ1v) is 8.38. The summed E-state index contributed by atoms with van der Waals surface area (Å²) in [4.78, 5) is 0. The van der Waals surface area contributed by atoms with Crippen LogP contribution in [0, 0.1) is 5.92 Å². The Labute approximate surface area is 116 Å². The van der Waals surface area contributed by atoms with Crippen molar-refractivity contribution >= 4 is 27.7 Å². The van der Waals surface area contributed by atoms with Crippen molar-refractivity contribution in [3.8, 4) is 0 Å². The lowest BCUT2D eigenvalue weighted by Crippen LogP contribution is -2.26. The van der Waals surface area contributed by atoms with Gasteiger partial charge in [0.05, 0.1) is 0 Å². The molecule has 1 aliphatic heterocycles. The van der Waals surface area contributed by atoms with Crippen molar-refractivity contribution in [1.82, 2.24) is 5.32 Å². The number of halogens is 1. The molecule has 0 bridgehead atoms. The topological polar surface area (TPSA) is 12.0 Å². The Hall–Kier alpha value is 0.01000. The number of benzene rings is 1. The van der Waals surface area contributed by atoms with E-state index in [1.807, 2.05) is 0 Å². The largest absolute Gasteiger partial charge is 0.310 e. The van der Waals surface area contributed by atoms with Gasteiger partial charge in [-0.15, -0.1) is 0 Å². The van der Waals surface area contributed by atoms with E-state index in [9.17, 15) is 0 Å². The molecule has 2 unspecified atom stereocenters. The Morgan fingerprint density at radius 3 is 3.12 bits per heavy atom. The van der Waals surface area contributed by atoms with Gasteiger partial charge in [0.25, 0.3) is 0 Å². The maximum atomic E-state index is 3.77. The normalized spacial score (nSPS) is 27.4. The van der Waals surface area contributed by atoms with E-state index in [0.29, 0.717) is 6.04 Å². The van der Waals surface area contributed by atoms with Crippen molar-refractivity contribution in [2.45, 2.75) is 25.3 Å². The molecule has 0 spiro atoms. The van der Waals surface area contributed by atoms with Crippen molar-refractivity contribution in [1.29, 1.82) is 0 Å². The van der Waals surface area contributed by atoms with Crippen molar-refractivity contribution < 1.29 is 0 Å². The average Bonchev–Trinajstić information content (AvgIpc) is 2.95. The van der Waals surface area contributed by atoms with Crippen LogP contribution in [0.1, 0.15) is 30.0 Å². The molecule has 1 fully saturated rings. The summed E-state index contributed by atoms with van der Waals surface area (Å²) in [5.74, 6) is 3.61. The van der Waals surface area contributed by atoms with E-state index in [4.69, 9.17) is 0 Å². The SMILES string of the molecule is Brc1cccc2c1CCC2NCC1CCSC1. The summed E-state index contributed by atoms with van der Waals surface area (Å²) in [7, 11) is 0. The Kier molecular flexibility index (Phi) is 3.78. The molecule has 1 aromatic rings. The van der Waals surface area contributed by atoms with E-state index < -0.39 is 0 Å². The van der Waals surface area contributed by atoms with Crippen LogP contribution in [0.4, 0.5) is 0 Å². The van der Waals surface area contributed by atoms with Crippen LogP contribution in [0.5, 0.6) is 0 Å². The monoisotopic (exact) mass is 311 g/mol. The predicted molar refractivity (Wildman–Crippen MR) is 78.6 cm³/mol. The molecule has 0 amide bonds. The van der Waals surface area contributed by atoms with Crippen LogP contribution in [0.2, 0.25) is 0 Å². The lowest BCUT2D eigenvalue weighted by molar-refractivity contribution is 0.457. The third kappa shape index (κ3) is 2.56. The molecule has 1 aromatic carbocycles. The third-order valence-electron chi connectivity index (χ3n) is 3.89. The zero-order valence-corrected chi connectivity index (χ0v) is 12.3. The highest BCUT2D eigenvalue weighted by Gasteiger charge is 2.25. The predicted octanol–water partition coefficient (Wildman–Crippen LogP) is 3.78. The lowest BCUT2D eigenvalue weighted by atomic mass is 10.1. The highest BCUT2D eigenvalue weighted by atomic mass is 79.9. The summed E-state index contributed by atoms with van der Waals surface area (Å²) < 4.78 is 1.29. The summed E-state index contributed by atoms with van der Waals surface area (Å²) in [6.07, 6.45) is 3.88. The first kappa shape index (κ1) is 12.1. The second-order valence-corrected chi connectivity index (χ2v) is 7.04. The Morgan fingerprint density at radius 1 is 1.35 bits per heavy atom. The highest BCUT2D eigenvalue weighted by molar-refractivity contribution is 9.10. The quantitative estimate of drug-likeness (QED) is 0.911. The first-order chi connectivity index (χ1) is 8.34. The van der Waals surface area contributed by atoms with Gasteiger partial charge in [0.15, 0.2) is 0 Å². The zero-order valence-electron chi connectivity index (χ0n) is 9.92. The molecule has 1 aliphatic carbocycles. The average molecular weight is 312 g/mol. The molecule has 0 aromatic heterocycles. The number of thioether (sulfide) groups is 1. The molecule has 0 radical (unpaired) electrons. The van der Waals surface area contributed by atoms with Gasteiger partial charge >= 0.3 is 0 Å². The Morgan fingerprint density at radius 2 is 2.29 bits per heavy atom. The van der Waals surface area contributed by atoms with Gasteiger partial charge in [0.1, 0.15) is 0 Å². The number of rotatable bonds is 3. The van der Waals surface area contributed by atoms with Crippen LogP contribution >= 0.6 is 27.7 Å². The van der Waals surface area contributed by atoms with Gasteiger partial charge in [0.2, 0.25) is 0 Å². The summed E-state index contributed by atoms with van der Waals surface area (Å²) in [6.45, 7) is 1.20. The van der Waals surface area contributed by atoms with Gasteiger partial charge in [0, 0.05) is 10.5 Å². The molecule has 92 valence electrons. The van der Waals surface area contributed by atoms with Crippen molar-refractivity contribution in [2.75, 3.05) is 18.1 Å². The fraction of sp³-hybridized carbons (Fsp3) is 0.571. The van der Waals surface area contributed by atoms with Crippen LogP contribution < -0.4 is 5.32 Å². The van der Waals surface area contributed by atoms with Crippen LogP contribution in [0.25, 0.3) is 0 Å². The number of hydrogen-bond donors (Lipinski definition) is 1. The van der Waals surface area contributed by atoms with Gasteiger partial charge in [-0.25, -0.2) is 0 Å². The molecule has 2 aliphatic rings. The van der Waals surface area contributed by atoms with E-state index in [-0.39, 0.29) is 0 Å². The van der Waals surface area contributed by atoms with Crippen LogP contribution in [0.15, 0.2) is 22.7 Å². The van der Waals surface area contributed by atoms with Crippen LogP contribution in [-0.4, -0.2) is 18.1 Å². The summed E-state index contributed by atoms with van der Waals surface area (Å²) >= 11 is 5.77. The van der Waals surface area contributed by atoms with E-state index in [2.05, 4.69) is 51.2 Å². The molecule has 1 heterocycles. The standard InChI is InChI=1S/C14H18BrNS/c15-13-3-1-2-12-11(13)4-5-14(12)16-8-10-6-7-17-9-10/h1-3,10,14,16H,4-9H2. The van der Waals surface area contributed by atoms with Gasteiger partial charge in [-0.05, 0) is 60.4 Å². The molecule has 1 nitrogen and oxygen atoms in total. The molecule has 1 N–H and O–H groups in total. The van der Waals surface area contributed by atoms with E-state index in [1.54, 1.807) is 0 Å². The van der Waals surface area contributed by atoms with Crippen molar-refractivity contribution in [3.05, 3.63) is 33.8 Å². The van der Waals surface area contributed by atoms with Gasteiger partial charge < -0.3 is 5.32 Å². The fourth-order valence-corrected chi connectivity index (χ4v) is 4.74. The lowest BCUT2D eigenvalue weighted by Gasteiger charge is -2.17. The second kappa shape index (κ2) is 5.33. The number of hydrogen-bond acceptors (Lipinski definition) is 2. The Bertz CT molecular complexity index is 401. The van der Waals surface area contributed by atoms with E-state index in [0.717, 1.165) is 5.92 Å². The maximum absolute atomic E-state index is 3.77. The van der Waals surface area contributed by atoms with E-state index >= 15 is 0 Å². The molecule has 0 saturated carbocycles. The minimum atomic E-state index is 0.591. The fourth-order valence-electron chi connectivity index (χ4n) is 2.87. The minimum Gasteiger partial charge on any atom is -0.310 e. The van der Waals surface area contributed by atoms with Crippen LogP contribution in [0.3, 0.4) is 0 Å². The minimum absolute atomic E-state index is 0.591. The number of fused-ring (bicyclic) bond motifs is 1. The Balaban J connectivity index is 1.65. The molecule has 17 heavy (non-hydrogen) atoms. The van der Waals surface area contributed by atoms with Crippen LogP contribution in [-0.2, 0) is 6.42 Å². The molecular weight excluding hydrogens is 294 g/mol. The first-order valence-electron chi connectivity index (χ1n) is 6.43.